The van der Waals surface area contributed by atoms with Gasteiger partial charge in [-0.2, -0.15) is 11.8 Å². The number of nitrogens with zero attached hydrogens (tertiary/aromatic N) is 1. The van der Waals surface area contributed by atoms with Gasteiger partial charge in [-0.15, -0.1) is 0 Å². The number of hydrogen-bond acceptors (Lipinski definition) is 3. The highest BCUT2D eigenvalue weighted by Gasteiger charge is 2.11. The lowest BCUT2D eigenvalue weighted by Gasteiger charge is -2.19. The minimum Gasteiger partial charge on any atom is -0.390 e. The molecule has 0 aliphatic carbocycles. The molecule has 0 bridgehead atoms. The monoisotopic (exact) mass is 219 g/mol. The molecule has 2 nitrogen and oxygen atoms in total. The Hall–Kier alpha value is 0.270. The quantitative estimate of drug-likeness (QED) is 0.633. The second-order valence-electron chi connectivity index (χ2n) is 4.20. The highest BCUT2D eigenvalue weighted by atomic mass is 32.2. The molecule has 0 heterocycles. The zero-order valence-corrected chi connectivity index (χ0v) is 10.9. The van der Waals surface area contributed by atoms with E-state index in [0.29, 0.717) is 0 Å². The van der Waals surface area contributed by atoms with Crippen LogP contribution < -0.4 is 0 Å². The van der Waals surface area contributed by atoms with Crippen LogP contribution in [0.3, 0.4) is 0 Å². The first-order chi connectivity index (χ1) is 6.49. The van der Waals surface area contributed by atoms with Crippen molar-refractivity contribution in [2.24, 2.45) is 0 Å². The Morgan fingerprint density at radius 3 is 2.14 bits per heavy atom. The summed E-state index contributed by atoms with van der Waals surface area (Å²) in [5, 5.41) is 9.49. The molecule has 0 amide bonds. The molecule has 0 radical (unpaired) electrons. The Bertz CT molecular complexity index is 130. The van der Waals surface area contributed by atoms with Crippen molar-refractivity contribution in [1.82, 2.24) is 4.90 Å². The van der Waals surface area contributed by atoms with Crippen LogP contribution in [-0.2, 0) is 0 Å². The topological polar surface area (TPSA) is 23.5 Å². The molecule has 0 unspecified atom stereocenters. The van der Waals surface area contributed by atoms with E-state index in [2.05, 4.69) is 18.7 Å². The molecule has 0 aromatic carbocycles. The van der Waals surface area contributed by atoms with Crippen LogP contribution in [0, 0.1) is 0 Å². The predicted molar refractivity (Wildman–Crippen MR) is 66.0 cm³/mol. The third kappa shape index (κ3) is 8.85. The Kier molecular flexibility index (Phi) is 7.69. The van der Waals surface area contributed by atoms with Gasteiger partial charge in [-0.1, -0.05) is 13.8 Å². The molecular formula is C11H25NOS. The summed E-state index contributed by atoms with van der Waals surface area (Å²) in [6.07, 6.45) is 0.885. The Morgan fingerprint density at radius 1 is 1.14 bits per heavy atom. The highest BCUT2D eigenvalue weighted by Crippen LogP contribution is 2.12. The molecule has 0 atom stereocenters. The van der Waals surface area contributed by atoms with Gasteiger partial charge in [0.05, 0.1) is 5.60 Å². The molecule has 0 saturated heterocycles. The van der Waals surface area contributed by atoms with Crippen LogP contribution in [0.1, 0.15) is 34.1 Å². The first-order valence-corrected chi connectivity index (χ1v) is 6.67. The predicted octanol–water partition coefficient (Wildman–Crippen LogP) is 2.22. The molecule has 0 spiro atoms. The zero-order chi connectivity index (χ0) is 11.0. The fourth-order valence-corrected chi connectivity index (χ4v) is 2.39. The van der Waals surface area contributed by atoms with Crippen molar-refractivity contribution in [3.8, 4) is 0 Å². The van der Waals surface area contributed by atoms with Gasteiger partial charge in [0.1, 0.15) is 0 Å². The van der Waals surface area contributed by atoms with Crippen molar-refractivity contribution in [3.63, 3.8) is 0 Å². The first-order valence-electron chi connectivity index (χ1n) is 5.52. The summed E-state index contributed by atoms with van der Waals surface area (Å²) in [6.45, 7) is 11.6. The summed E-state index contributed by atoms with van der Waals surface area (Å²) in [6, 6.07) is 0. The first kappa shape index (κ1) is 14.3. The largest absolute Gasteiger partial charge is 0.390 e. The Balaban J connectivity index is 3.29. The SMILES string of the molecule is CCN(CC)CCSCCC(C)(C)O. The van der Waals surface area contributed by atoms with Crippen molar-refractivity contribution in [2.75, 3.05) is 31.1 Å². The van der Waals surface area contributed by atoms with Gasteiger partial charge in [-0.05, 0) is 39.1 Å². The lowest BCUT2D eigenvalue weighted by molar-refractivity contribution is 0.0777. The standard InChI is InChI=1S/C11H25NOS/c1-5-12(6-2)8-10-14-9-7-11(3,4)13/h13H,5-10H2,1-4H3. The highest BCUT2D eigenvalue weighted by molar-refractivity contribution is 7.99. The van der Waals surface area contributed by atoms with Crippen LogP contribution in [0.5, 0.6) is 0 Å². The van der Waals surface area contributed by atoms with Gasteiger partial charge in [0.2, 0.25) is 0 Å². The molecule has 86 valence electrons. The normalized spacial score (nSPS) is 12.4. The van der Waals surface area contributed by atoms with Crippen molar-refractivity contribution in [3.05, 3.63) is 0 Å². The van der Waals surface area contributed by atoms with E-state index in [1.54, 1.807) is 0 Å². The minimum absolute atomic E-state index is 0.498. The van der Waals surface area contributed by atoms with E-state index in [1.807, 2.05) is 25.6 Å². The summed E-state index contributed by atoms with van der Waals surface area (Å²) in [5.41, 5.74) is -0.498. The Morgan fingerprint density at radius 2 is 1.71 bits per heavy atom. The van der Waals surface area contributed by atoms with E-state index < -0.39 is 5.60 Å². The summed E-state index contributed by atoms with van der Waals surface area (Å²) in [7, 11) is 0. The van der Waals surface area contributed by atoms with Gasteiger partial charge >= 0.3 is 0 Å². The molecule has 0 aromatic heterocycles. The van der Waals surface area contributed by atoms with Crippen LogP contribution in [-0.4, -0.2) is 46.7 Å². The molecule has 0 saturated carbocycles. The van der Waals surface area contributed by atoms with Gasteiger partial charge < -0.3 is 10.0 Å². The molecule has 3 heteroatoms. The average Bonchev–Trinajstić information content (AvgIpc) is 2.09. The molecule has 0 aliphatic heterocycles. The maximum Gasteiger partial charge on any atom is 0.0599 e. The molecule has 0 fully saturated rings. The lowest BCUT2D eigenvalue weighted by Crippen LogP contribution is -2.25. The van der Waals surface area contributed by atoms with Crippen molar-refractivity contribution < 1.29 is 5.11 Å². The second kappa shape index (κ2) is 7.55. The molecule has 14 heavy (non-hydrogen) atoms. The third-order valence-corrected chi connectivity index (χ3v) is 3.27. The van der Waals surface area contributed by atoms with Crippen LogP contribution in [0.2, 0.25) is 0 Å². The number of rotatable bonds is 8. The average molecular weight is 219 g/mol. The van der Waals surface area contributed by atoms with Crippen LogP contribution >= 0.6 is 11.8 Å². The minimum atomic E-state index is -0.498. The van der Waals surface area contributed by atoms with E-state index in [4.69, 9.17) is 0 Å². The second-order valence-corrected chi connectivity index (χ2v) is 5.43. The number of hydrogen-bond donors (Lipinski definition) is 1. The summed E-state index contributed by atoms with van der Waals surface area (Å²) >= 11 is 1.94. The molecule has 1 N–H and O–H groups in total. The van der Waals surface area contributed by atoms with E-state index >= 15 is 0 Å². The lowest BCUT2D eigenvalue weighted by atomic mass is 10.1. The Labute approximate surface area is 93.1 Å². The van der Waals surface area contributed by atoms with E-state index in [-0.39, 0.29) is 0 Å². The molecule has 0 rings (SSSR count). The summed E-state index contributed by atoms with van der Waals surface area (Å²) in [4.78, 5) is 2.43. The number of aliphatic hydroxyl groups is 1. The molecule has 0 aliphatic rings. The number of thioether (sulfide) groups is 1. The fourth-order valence-electron chi connectivity index (χ4n) is 1.16. The maximum absolute atomic E-state index is 9.49. The van der Waals surface area contributed by atoms with Crippen LogP contribution in [0.15, 0.2) is 0 Å². The zero-order valence-electron chi connectivity index (χ0n) is 10.0. The maximum atomic E-state index is 9.49. The van der Waals surface area contributed by atoms with Gasteiger partial charge in [0.15, 0.2) is 0 Å². The van der Waals surface area contributed by atoms with E-state index in [9.17, 15) is 5.11 Å². The molecule has 0 aromatic rings. The van der Waals surface area contributed by atoms with Crippen molar-refractivity contribution in [2.45, 2.75) is 39.7 Å². The van der Waals surface area contributed by atoms with Crippen LogP contribution in [0.4, 0.5) is 0 Å². The summed E-state index contributed by atoms with van der Waals surface area (Å²) in [5.74, 6) is 2.24. The van der Waals surface area contributed by atoms with Gasteiger partial charge in [0, 0.05) is 12.3 Å². The van der Waals surface area contributed by atoms with Crippen LogP contribution in [0.25, 0.3) is 0 Å². The fraction of sp³-hybridized carbons (Fsp3) is 1.00. The van der Waals surface area contributed by atoms with Gasteiger partial charge in [0.25, 0.3) is 0 Å². The van der Waals surface area contributed by atoms with Crippen molar-refractivity contribution >= 4 is 11.8 Å². The van der Waals surface area contributed by atoms with Gasteiger partial charge in [-0.3, -0.25) is 0 Å². The van der Waals surface area contributed by atoms with Gasteiger partial charge in [-0.25, -0.2) is 0 Å². The molecular weight excluding hydrogens is 194 g/mol. The smallest absolute Gasteiger partial charge is 0.0599 e. The summed E-state index contributed by atoms with van der Waals surface area (Å²) < 4.78 is 0. The third-order valence-electron chi connectivity index (χ3n) is 2.30. The van der Waals surface area contributed by atoms with E-state index in [0.717, 1.165) is 25.3 Å². The van der Waals surface area contributed by atoms with E-state index in [1.165, 1.54) is 12.3 Å². The van der Waals surface area contributed by atoms with Crippen molar-refractivity contribution in [1.29, 1.82) is 0 Å².